The highest BCUT2D eigenvalue weighted by Gasteiger charge is 2.30. The molecular formula is C4H9NO3. The van der Waals surface area contributed by atoms with Gasteiger partial charge in [0.25, 0.3) is 0 Å². The summed E-state index contributed by atoms with van der Waals surface area (Å²) in [6, 6.07) is 0. The van der Waals surface area contributed by atoms with E-state index < -0.39 is 18.4 Å². The highest BCUT2D eigenvalue weighted by molar-refractivity contribution is 4.82. The number of nitrogens with one attached hydrogen (secondary N) is 1. The molecule has 4 nitrogen and oxygen atoms in total. The lowest BCUT2D eigenvalue weighted by Crippen LogP contribution is -2.32. The fourth-order valence-electron chi connectivity index (χ4n) is 0.693. The average molecular weight is 119 g/mol. The SMILES string of the molecule is O[C@@H]1[C@H](O)CN[C@@H]1O. The van der Waals surface area contributed by atoms with Gasteiger partial charge in [-0.1, -0.05) is 0 Å². The first-order valence-electron chi connectivity index (χ1n) is 2.49. The molecule has 0 bridgehead atoms. The van der Waals surface area contributed by atoms with Crippen molar-refractivity contribution in [1.82, 2.24) is 5.32 Å². The van der Waals surface area contributed by atoms with Gasteiger partial charge in [-0.25, -0.2) is 0 Å². The van der Waals surface area contributed by atoms with Gasteiger partial charge in [0.1, 0.15) is 12.3 Å². The topological polar surface area (TPSA) is 72.7 Å². The highest BCUT2D eigenvalue weighted by atomic mass is 16.4. The first kappa shape index (κ1) is 5.97. The van der Waals surface area contributed by atoms with Crippen LogP contribution in [0.1, 0.15) is 0 Å². The first-order valence-corrected chi connectivity index (χ1v) is 2.49. The molecule has 0 saturated carbocycles. The van der Waals surface area contributed by atoms with E-state index >= 15 is 0 Å². The number of aliphatic hydroxyl groups excluding tert-OH is 3. The summed E-state index contributed by atoms with van der Waals surface area (Å²) in [6.07, 6.45) is -2.79. The van der Waals surface area contributed by atoms with Crippen LogP contribution in [0, 0.1) is 0 Å². The predicted molar refractivity (Wildman–Crippen MR) is 26.0 cm³/mol. The lowest BCUT2D eigenvalue weighted by Gasteiger charge is -2.07. The Hall–Kier alpha value is -0.160. The molecule has 0 unspecified atom stereocenters. The molecule has 0 aromatic heterocycles. The minimum absolute atomic E-state index is 0.266. The van der Waals surface area contributed by atoms with Crippen molar-refractivity contribution in [1.29, 1.82) is 0 Å². The zero-order valence-corrected chi connectivity index (χ0v) is 4.28. The Kier molecular flexibility index (Phi) is 1.48. The van der Waals surface area contributed by atoms with Crippen molar-refractivity contribution in [3.05, 3.63) is 0 Å². The average Bonchev–Trinajstić information content (AvgIpc) is 1.98. The fourth-order valence-corrected chi connectivity index (χ4v) is 0.693. The summed E-state index contributed by atoms with van der Waals surface area (Å²) < 4.78 is 0. The third kappa shape index (κ3) is 0.830. The molecule has 1 rings (SSSR count). The minimum atomic E-state index is -1.02. The molecule has 48 valence electrons. The van der Waals surface area contributed by atoms with E-state index in [1.165, 1.54) is 0 Å². The quantitative estimate of drug-likeness (QED) is 0.287. The summed E-state index contributed by atoms with van der Waals surface area (Å²) in [5.41, 5.74) is 0. The van der Waals surface area contributed by atoms with Gasteiger partial charge in [0.05, 0.1) is 6.10 Å². The van der Waals surface area contributed by atoms with Crippen molar-refractivity contribution in [2.45, 2.75) is 18.4 Å². The van der Waals surface area contributed by atoms with Crippen molar-refractivity contribution >= 4 is 0 Å². The van der Waals surface area contributed by atoms with Gasteiger partial charge in [-0.15, -0.1) is 0 Å². The summed E-state index contributed by atoms with van der Waals surface area (Å²) in [5.74, 6) is 0. The van der Waals surface area contributed by atoms with E-state index in [0.29, 0.717) is 0 Å². The van der Waals surface area contributed by atoms with Crippen LogP contribution in [-0.4, -0.2) is 40.3 Å². The van der Waals surface area contributed by atoms with Gasteiger partial charge in [-0.3, -0.25) is 5.32 Å². The summed E-state index contributed by atoms with van der Waals surface area (Å²) in [7, 11) is 0. The molecule has 1 fully saturated rings. The smallest absolute Gasteiger partial charge is 0.133 e. The molecule has 0 aromatic rings. The molecule has 3 atom stereocenters. The maximum Gasteiger partial charge on any atom is 0.133 e. The number of hydrogen-bond acceptors (Lipinski definition) is 4. The van der Waals surface area contributed by atoms with Crippen LogP contribution in [0.25, 0.3) is 0 Å². The summed E-state index contributed by atoms with van der Waals surface area (Å²) in [4.78, 5) is 0. The van der Waals surface area contributed by atoms with Crippen LogP contribution in [-0.2, 0) is 0 Å². The molecular weight excluding hydrogens is 110 g/mol. The molecule has 1 saturated heterocycles. The lowest BCUT2D eigenvalue weighted by molar-refractivity contribution is -0.0208. The Morgan fingerprint density at radius 3 is 2.00 bits per heavy atom. The second-order valence-electron chi connectivity index (χ2n) is 1.91. The van der Waals surface area contributed by atoms with E-state index in [9.17, 15) is 0 Å². The molecule has 0 aromatic carbocycles. The summed E-state index contributed by atoms with van der Waals surface area (Å²) in [5, 5.41) is 28.5. The molecule has 4 N–H and O–H groups in total. The second-order valence-corrected chi connectivity index (χ2v) is 1.91. The normalized spacial score (nSPS) is 47.6. The maximum absolute atomic E-state index is 8.70. The number of aliphatic hydroxyl groups is 3. The van der Waals surface area contributed by atoms with E-state index in [1.807, 2.05) is 0 Å². The summed E-state index contributed by atoms with van der Waals surface area (Å²) >= 11 is 0. The third-order valence-corrected chi connectivity index (χ3v) is 1.25. The van der Waals surface area contributed by atoms with Crippen molar-refractivity contribution in [2.24, 2.45) is 0 Å². The highest BCUT2D eigenvalue weighted by Crippen LogP contribution is 2.03. The van der Waals surface area contributed by atoms with Gasteiger partial charge in [0.15, 0.2) is 0 Å². The standard InChI is InChI=1S/C4H9NO3/c6-2-1-5-4(8)3(2)7/h2-8H,1H2/t2-,3-,4-/m1/s1. The molecule has 4 heteroatoms. The molecule has 8 heavy (non-hydrogen) atoms. The largest absolute Gasteiger partial charge is 0.389 e. The zero-order valence-electron chi connectivity index (χ0n) is 4.28. The van der Waals surface area contributed by atoms with Crippen LogP contribution in [0.15, 0.2) is 0 Å². The van der Waals surface area contributed by atoms with Gasteiger partial charge in [0.2, 0.25) is 0 Å². The summed E-state index contributed by atoms with van der Waals surface area (Å²) in [6.45, 7) is 0.266. The number of hydrogen-bond donors (Lipinski definition) is 4. The minimum Gasteiger partial charge on any atom is -0.389 e. The maximum atomic E-state index is 8.70. The van der Waals surface area contributed by atoms with E-state index in [1.54, 1.807) is 0 Å². The number of β-amino-alcohol motifs (C(OH)–C–C–N with tert-alkyl or cyclic N) is 1. The molecule has 0 spiro atoms. The first-order chi connectivity index (χ1) is 3.72. The molecule has 0 radical (unpaired) electrons. The van der Waals surface area contributed by atoms with Crippen molar-refractivity contribution in [2.75, 3.05) is 6.54 Å². The van der Waals surface area contributed by atoms with E-state index in [4.69, 9.17) is 15.3 Å². The Bertz CT molecular complexity index is 77.4. The van der Waals surface area contributed by atoms with Crippen LogP contribution in [0.2, 0.25) is 0 Å². The van der Waals surface area contributed by atoms with E-state index in [2.05, 4.69) is 5.32 Å². The number of rotatable bonds is 0. The van der Waals surface area contributed by atoms with Crippen molar-refractivity contribution in [3.63, 3.8) is 0 Å². The molecule has 1 heterocycles. The van der Waals surface area contributed by atoms with E-state index in [-0.39, 0.29) is 6.54 Å². The van der Waals surface area contributed by atoms with Crippen LogP contribution in [0.4, 0.5) is 0 Å². The van der Waals surface area contributed by atoms with Crippen molar-refractivity contribution in [3.8, 4) is 0 Å². The van der Waals surface area contributed by atoms with Crippen LogP contribution in [0.3, 0.4) is 0 Å². The van der Waals surface area contributed by atoms with Gasteiger partial charge in [-0.05, 0) is 0 Å². The van der Waals surface area contributed by atoms with Crippen LogP contribution >= 0.6 is 0 Å². The Balaban J connectivity index is 2.44. The lowest BCUT2D eigenvalue weighted by atomic mass is 10.2. The monoisotopic (exact) mass is 119 g/mol. The van der Waals surface area contributed by atoms with Gasteiger partial charge in [-0.2, -0.15) is 0 Å². The third-order valence-electron chi connectivity index (χ3n) is 1.25. The zero-order chi connectivity index (χ0) is 6.15. The van der Waals surface area contributed by atoms with Gasteiger partial charge >= 0.3 is 0 Å². The van der Waals surface area contributed by atoms with E-state index in [0.717, 1.165) is 0 Å². The van der Waals surface area contributed by atoms with Gasteiger partial charge in [0, 0.05) is 6.54 Å². The Morgan fingerprint density at radius 2 is 1.88 bits per heavy atom. The molecule has 0 amide bonds. The fraction of sp³-hybridized carbons (Fsp3) is 1.00. The Morgan fingerprint density at radius 1 is 1.25 bits per heavy atom. The van der Waals surface area contributed by atoms with Crippen molar-refractivity contribution < 1.29 is 15.3 Å². The second kappa shape index (κ2) is 1.99. The molecule has 1 aliphatic rings. The van der Waals surface area contributed by atoms with Crippen LogP contribution in [0.5, 0.6) is 0 Å². The van der Waals surface area contributed by atoms with Gasteiger partial charge < -0.3 is 15.3 Å². The molecule has 1 aliphatic heterocycles. The van der Waals surface area contributed by atoms with Crippen LogP contribution < -0.4 is 5.32 Å². The Labute approximate surface area is 46.8 Å². The molecule has 0 aliphatic carbocycles. The predicted octanol–water partition coefficient (Wildman–Crippen LogP) is -2.37.